The number of aldehydes is 1. The highest BCUT2D eigenvalue weighted by Gasteiger charge is 1.85. The second-order valence-electron chi connectivity index (χ2n) is 1.78. The Morgan fingerprint density at radius 3 is 2.00 bits per heavy atom. The summed E-state index contributed by atoms with van der Waals surface area (Å²) in [4.78, 5) is 10.1. The van der Waals surface area contributed by atoms with Crippen LogP contribution in [-0.2, 0) is 0 Å². The summed E-state index contributed by atoms with van der Waals surface area (Å²) >= 11 is 0. The first kappa shape index (κ1) is 9.69. The molecule has 0 heterocycles. The lowest BCUT2D eigenvalue weighted by Gasteiger charge is -1.89. The molecule has 0 saturated carbocycles. The molecule has 0 aromatic heterocycles. The molecule has 60 valence electrons. The van der Waals surface area contributed by atoms with E-state index in [0.29, 0.717) is 11.3 Å². The minimum absolute atomic E-state index is 0.657. The van der Waals surface area contributed by atoms with Crippen LogP contribution in [-0.4, -0.2) is 6.29 Å². The molecule has 0 saturated heterocycles. The molecule has 0 radical (unpaired) electrons. The van der Waals surface area contributed by atoms with Crippen LogP contribution < -0.4 is 5.73 Å². The summed E-state index contributed by atoms with van der Waals surface area (Å²) in [5.74, 6) is 0. The average molecular weight is 151 g/mol. The van der Waals surface area contributed by atoms with Gasteiger partial charge >= 0.3 is 0 Å². The highest BCUT2D eigenvalue weighted by atomic mass is 16.1. The molecule has 2 nitrogen and oxygen atoms in total. The van der Waals surface area contributed by atoms with Gasteiger partial charge in [0.05, 0.1) is 0 Å². The summed E-state index contributed by atoms with van der Waals surface area (Å²) in [6, 6.07) is 6.76. The molecule has 0 aliphatic carbocycles. The van der Waals surface area contributed by atoms with Crippen LogP contribution in [0.5, 0.6) is 0 Å². The van der Waals surface area contributed by atoms with Gasteiger partial charge in [-0.15, -0.1) is 0 Å². The topological polar surface area (TPSA) is 43.1 Å². The summed E-state index contributed by atoms with van der Waals surface area (Å²) in [7, 11) is 0. The Morgan fingerprint density at radius 1 is 1.18 bits per heavy atom. The zero-order chi connectivity index (χ0) is 8.69. The van der Waals surface area contributed by atoms with Crippen LogP contribution in [0.15, 0.2) is 24.3 Å². The minimum Gasteiger partial charge on any atom is -0.399 e. The second kappa shape index (κ2) is 5.47. The quantitative estimate of drug-likeness (QED) is 0.493. The summed E-state index contributed by atoms with van der Waals surface area (Å²) in [5.41, 5.74) is 6.70. The van der Waals surface area contributed by atoms with Gasteiger partial charge in [0.15, 0.2) is 0 Å². The van der Waals surface area contributed by atoms with Crippen LogP contribution in [0.4, 0.5) is 5.69 Å². The fourth-order valence-electron chi connectivity index (χ4n) is 0.575. The first-order valence-corrected chi connectivity index (χ1v) is 3.63. The van der Waals surface area contributed by atoms with Crippen LogP contribution in [0.3, 0.4) is 0 Å². The van der Waals surface area contributed by atoms with E-state index in [1.165, 1.54) is 0 Å². The first-order chi connectivity index (χ1) is 5.33. The van der Waals surface area contributed by atoms with Crippen molar-refractivity contribution in [1.29, 1.82) is 0 Å². The van der Waals surface area contributed by atoms with Crippen molar-refractivity contribution in [2.45, 2.75) is 13.8 Å². The maximum Gasteiger partial charge on any atom is 0.150 e. The number of hydrogen-bond acceptors (Lipinski definition) is 2. The minimum atomic E-state index is 0.657. The molecule has 1 aromatic carbocycles. The maximum atomic E-state index is 10.1. The summed E-state index contributed by atoms with van der Waals surface area (Å²) in [6.45, 7) is 4.00. The zero-order valence-corrected chi connectivity index (χ0v) is 6.87. The molecule has 0 fully saturated rings. The van der Waals surface area contributed by atoms with Gasteiger partial charge in [-0.3, -0.25) is 4.79 Å². The lowest BCUT2D eigenvalue weighted by molar-refractivity contribution is 0.112. The van der Waals surface area contributed by atoms with Gasteiger partial charge in [0, 0.05) is 11.3 Å². The molecule has 0 aliphatic heterocycles. The predicted octanol–water partition coefficient (Wildman–Crippen LogP) is 2.11. The van der Waals surface area contributed by atoms with Crippen molar-refractivity contribution in [3.05, 3.63) is 29.8 Å². The normalized spacial score (nSPS) is 7.82. The van der Waals surface area contributed by atoms with E-state index in [0.717, 1.165) is 6.29 Å². The van der Waals surface area contributed by atoms with Gasteiger partial charge < -0.3 is 5.73 Å². The van der Waals surface area contributed by atoms with E-state index < -0.39 is 0 Å². The number of carbonyl (C=O) groups excluding carboxylic acids is 1. The van der Waals surface area contributed by atoms with Gasteiger partial charge in [-0.05, 0) is 24.3 Å². The van der Waals surface area contributed by atoms with Crippen molar-refractivity contribution in [3.63, 3.8) is 0 Å². The predicted molar refractivity (Wildman–Crippen MR) is 47.6 cm³/mol. The van der Waals surface area contributed by atoms with Crippen molar-refractivity contribution in [2.75, 3.05) is 5.73 Å². The standard InChI is InChI=1S/C7H7NO.C2H6/c8-7-3-1-6(5-9)2-4-7;1-2/h1-5H,8H2;1-2H3. The molecule has 1 aromatic rings. The van der Waals surface area contributed by atoms with E-state index in [1.54, 1.807) is 24.3 Å². The SMILES string of the molecule is CC.Nc1ccc(C=O)cc1. The molecule has 0 unspecified atom stereocenters. The molecule has 11 heavy (non-hydrogen) atoms. The third-order valence-electron chi connectivity index (χ3n) is 1.07. The Hall–Kier alpha value is -1.31. The fourth-order valence-corrected chi connectivity index (χ4v) is 0.575. The number of carbonyl (C=O) groups is 1. The largest absolute Gasteiger partial charge is 0.399 e. The third-order valence-corrected chi connectivity index (χ3v) is 1.07. The van der Waals surface area contributed by atoms with Crippen LogP contribution in [0, 0.1) is 0 Å². The molecule has 2 heteroatoms. The summed E-state index contributed by atoms with van der Waals surface area (Å²) in [5, 5.41) is 0. The van der Waals surface area contributed by atoms with Gasteiger partial charge in [0.1, 0.15) is 6.29 Å². The van der Waals surface area contributed by atoms with Crippen LogP contribution in [0.1, 0.15) is 24.2 Å². The monoisotopic (exact) mass is 151 g/mol. The number of nitrogens with two attached hydrogens (primary N) is 1. The number of hydrogen-bond donors (Lipinski definition) is 1. The average Bonchev–Trinajstić information content (AvgIpc) is 2.10. The molecule has 0 amide bonds. The molecule has 2 N–H and O–H groups in total. The van der Waals surface area contributed by atoms with Crippen molar-refractivity contribution in [2.24, 2.45) is 0 Å². The zero-order valence-electron chi connectivity index (χ0n) is 6.87. The number of rotatable bonds is 1. The first-order valence-electron chi connectivity index (χ1n) is 3.63. The molecule has 1 rings (SSSR count). The highest BCUT2D eigenvalue weighted by Crippen LogP contribution is 2.01. The van der Waals surface area contributed by atoms with E-state index >= 15 is 0 Å². The van der Waals surface area contributed by atoms with Gasteiger partial charge in [-0.2, -0.15) is 0 Å². The van der Waals surface area contributed by atoms with E-state index in [4.69, 9.17) is 5.73 Å². The van der Waals surface area contributed by atoms with E-state index in [9.17, 15) is 4.79 Å². The highest BCUT2D eigenvalue weighted by molar-refractivity contribution is 5.75. The second-order valence-corrected chi connectivity index (χ2v) is 1.78. The Morgan fingerprint density at radius 2 is 1.64 bits per heavy atom. The molecule has 0 atom stereocenters. The van der Waals surface area contributed by atoms with E-state index in [1.807, 2.05) is 13.8 Å². The van der Waals surface area contributed by atoms with Crippen molar-refractivity contribution >= 4 is 12.0 Å². The molecular formula is C9H13NO. The number of benzene rings is 1. The Bertz CT molecular complexity index is 203. The van der Waals surface area contributed by atoms with Gasteiger partial charge in [0.25, 0.3) is 0 Å². The number of anilines is 1. The summed E-state index contributed by atoms with van der Waals surface area (Å²) < 4.78 is 0. The Labute approximate surface area is 67.0 Å². The van der Waals surface area contributed by atoms with Crippen LogP contribution in [0.25, 0.3) is 0 Å². The number of nitrogen functional groups attached to an aromatic ring is 1. The molecule has 0 aliphatic rings. The van der Waals surface area contributed by atoms with Gasteiger partial charge in [0.2, 0.25) is 0 Å². The Kier molecular flexibility index (Phi) is 4.82. The lowest BCUT2D eigenvalue weighted by Crippen LogP contribution is -1.84. The van der Waals surface area contributed by atoms with Crippen molar-refractivity contribution in [3.8, 4) is 0 Å². The maximum absolute atomic E-state index is 10.1. The fraction of sp³-hybridized carbons (Fsp3) is 0.222. The van der Waals surface area contributed by atoms with Gasteiger partial charge in [-0.25, -0.2) is 0 Å². The van der Waals surface area contributed by atoms with Gasteiger partial charge in [-0.1, -0.05) is 13.8 Å². The van der Waals surface area contributed by atoms with Crippen LogP contribution >= 0.6 is 0 Å². The van der Waals surface area contributed by atoms with Crippen molar-refractivity contribution in [1.82, 2.24) is 0 Å². The third kappa shape index (κ3) is 3.40. The van der Waals surface area contributed by atoms with E-state index in [2.05, 4.69) is 0 Å². The van der Waals surface area contributed by atoms with Crippen LogP contribution in [0.2, 0.25) is 0 Å². The Balaban J connectivity index is 0.000000461. The smallest absolute Gasteiger partial charge is 0.150 e. The van der Waals surface area contributed by atoms with Crippen molar-refractivity contribution < 1.29 is 4.79 Å². The van der Waals surface area contributed by atoms with E-state index in [-0.39, 0.29) is 0 Å². The molecular weight excluding hydrogens is 138 g/mol. The molecule has 0 bridgehead atoms. The lowest BCUT2D eigenvalue weighted by atomic mass is 10.2. The molecule has 0 spiro atoms. The summed E-state index contributed by atoms with van der Waals surface area (Å²) in [6.07, 6.45) is 0.791.